The van der Waals surface area contributed by atoms with E-state index in [0.717, 1.165) is 10.6 Å². The van der Waals surface area contributed by atoms with Crippen molar-refractivity contribution >= 4 is 23.7 Å². The Morgan fingerprint density at radius 1 is 1.41 bits per heavy atom. The molecule has 1 aromatic carbocycles. The van der Waals surface area contributed by atoms with E-state index in [-0.39, 0.29) is 5.91 Å². The Balaban J connectivity index is 1.97. The van der Waals surface area contributed by atoms with Crippen LogP contribution in [0.2, 0.25) is 0 Å². The van der Waals surface area contributed by atoms with Crippen molar-refractivity contribution in [2.45, 2.75) is 6.92 Å². The lowest BCUT2D eigenvalue weighted by Gasteiger charge is -1.97. The van der Waals surface area contributed by atoms with Crippen molar-refractivity contribution in [3.8, 4) is 0 Å². The first-order chi connectivity index (χ1) is 8.27. The second-order valence-corrected chi connectivity index (χ2v) is 4.07. The molecule has 0 atom stereocenters. The molecule has 0 aliphatic carbocycles. The molecule has 1 N–H and O–H groups in total. The number of nitrogens with zero attached hydrogens (tertiary/aromatic N) is 3. The van der Waals surface area contributed by atoms with E-state index in [1.807, 2.05) is 13.0 Å². The number of hydrogen-bond donors (Lipinski definition) is 1. The number of aryl methyl sites for hydroxylation is 1. The third-order valence-corrected chi connectivity index (χ3v) is 2.83. The van der Waals surface area contributed by atoms with Crippen LogP contribution >= 0.6 is 11.5 Å². The number of carbonyl (C=O) groups is 1. The molecule has 5 nitrogen and oxygen atoms in total. The van der Waals surface area contributed by atoms with Crippen LogP contribution in [-0.4, -0.2) is 21.7 Å². The summed E-state index contributed by atoms with van der Waals surface area (Å²) in [4.78, 5) is 12.4. The number of rotatable bonds is 3. The number of nitrogens with one attached hydrogen (secondary N) is 1. The number of benzene rings is 1. The van der Waals surface area contributed by atoms with Gasteiger partial charge in [0.25, 0.3) is 5.91 Å². The van der Waals surface area contributed by atoms with E-state index in [0.29, 0.717) is 5.56 Å². The van der Waals surface area contributed by atoms with Crippen LogP contribution in [-0.2, 0) is 0 Å². The minimum absolute atomic E-state index is 0.239. The normalized spacial score (nSPS) is 10.6. The summed E-state index contributed by atoms with van der Waals surface area (Å²) < 4.78 is 3.77. The minimum Gasteiger partial charge on any atom is -0.267 e. The molecule has 0 aliphatic heterocycles. The summed E-state index contributed by atoms with van der Waals surface area (Å²) in [7, 11) is 0. The van der Waals surface area contributed by atoms with Crippen LogP contribution in [0.1, 0.15) is 20.9 Å². The van der Waals surface area contributed by atoms with Gasteiger partial charge in [-0.25, -0.2) is 5.43 Å². The highest BCUT2D eigenvalue weighted by molar-refractivity contribution is 7.07. The maximum absolute atomic E-state index is 11.6. The molecule has 86 valence electrons. The van der Waals surface area contributed by atoms with Crippen molar-refractivity contribution < 1.29 is 4.79 Å². The van der Waals surface area contributed by atoms with Gasteiger partial charge in [-0.1, -0.05) is 22.7 Å². The average Bonchev–Trinajstić information content (AvgIpc) is 2.76. The lowest BCUT2D eigenvalue weighted by molar-refractivity contribution is 0.0955. The van der Waals surface area contributed by atoms with Crippen molar-refractivity contribution in [3.63, 3.8) is 0 Å². The van der Waals surface area contributed by atoms with Gasteiger partial charge in [0.2, 0.25) is 0 Å². The molecule has 0 radical (unpaired) electrons. The summed E-state index contributed by atoms with van der Waals surface area (Å²) in [5.74, 6) is -0.239. The predicted molar refractivity (Wildman–Crippen MR) is 66.1 cm³/mol. The number of hydrazone groups is 1. The third kappa shape index (κ3) is 2.94. The highest BCUT2D eigenvalue weighted by atomic mass is 32.1. The monoisotopic (exact) mass is 246 g/mol. The molecular formula is C11H10N4OS. The highest BCUT2D eigenvalue weighted by Gasteiger charge is 2.02. The molecule has 1 heterocycles. The average molecular weight is 246 g/mol. The maximum Gasteiger partial charge on any atom is 0.271 e. The predicted octanol–water partition coefficient (Wildman–Crippen LogP) is 1.61. The van der Waals surface area contributed by atoms with E-state index in [4.69, 9.17) is 0 Å². The van der Waals surface area contributed by atoms with Crippen molar-refractivity contribution in [1.82, 2.24) is 15.0 Å². The van der Waals surface area contributed by atoms with Gasteiger partial charge in [0.05, 0.1) is 16.8 Å². The van der Waals surface area contributed by atoms with Crippen LogP contribution in [0.5, 0.6) is 0 Å². The summed E-state index contributed by atoms with van der Waals surface area (Å²) in [5, 5.41) is 7.69. The Bertz CT molecular complexity index is 535. The molecule has 0 aliphatic rings. The van der Waals surface area contributed by atoms with Crippen LogP contribution in [0.4, 0.5) is 0 Å². The second-order valence-electron chi connectivity index (χ2n) is 3.29. The molecule has 1 amide bonds. The van der Waals surface area contributed by atoms with Crippen LogP contribution in [0, 0.1) is 6.92 Å². The summed E-state index contributed by atoms with van der Waals surface area (Å²) >= 11 is 1.24. The molecular weight excluding hydrogens is 236 g/mol. The Kier molecular flexibility index (Phi) is 3.56. The number of carbonyl (C=O) groups excluding carboxylic acids is 1. The smallest absolute Gasteiger partial charge is 0.267 e. The summed E-state index contributed by atoms with van der Waals surface area (Å²) in [6, 6.07) is 8.91. The van der Waals surface area contributed by atoms with Crippen molar-refractivity contribution in [2.75, 3.05) is 0 Å². The topological polar surface area (TPSA) is 67.2 Å². The summed E-state index contributed by atoms with van der Waals surface area (Å²) in [6.07, 6.45) is 1.54. The van der Waals surface area contributed by atoms with E-state index in [1.165, 1.54) is 11.5 Å². The fourth-order valence-electron chi connectivity index (χ4n) is 1.16. The number of aromatic nitrogens is 2. The Hall–Kier alpha value is -2.08. The molecule has 1 aromatic heterocycles. The molecule has 0 bridgehead atoms. The molecule has 0 spiro atoms. The van der Waals surface area contributed by atoms with Crippen LogP contribution in [0.15, 0.2) is 35.4 Å². The Morgan fingerprint density at radius 3 is 2.82 bits per heavy atom. The second kappa shape index (κ2) is 5.31. The lowest BCUT2D eigenvalue weighted by atomic mass is 10.2. The van der Waals surface area contributed by atoms with Crippen molar-refractivity contribution in [1.29, 1.82) is 0 Å². The van der Waals surface area contributed by atoms with Crippen molar-refractivity contribution in [3.05, 3.63) is 46.5 Å². The van der Waals surface area contributed by atoms with Gasteiger partial charge in [-0.05, 0) is 30.6 Å². The first-order valence-corrected chi connectivity index (χ1v) is 5.72. The molecule has 6 heteroatoms. The zero-order valence-corrected chi connectivity index (χ0v) is 9.94. The molecule has 2 rings (SSSR count). The first-order valence-electron chi connectivity index (χ1n) is 4.95. The van der Waals surface area contributed by atoms with E-state index < -0.39 is 0 Å². The van der Waals surface area contributed by atoms with E-state index in [2.05, 4.69) is 20.1 Å². The van der Waals surface area contributed by atoms with Crippen LogP contribution in [0.3, 0.4) is 0 Å². The van der Waals surface area contributed by atoms with Gasteiger partial charge in [-0.3, -0.25) is 4.79 Å². The molecule has 2 aromatic rings. The molecule has 0 fully saturated rings. The van der Waals surface area contributed by atoms with Gasteiger partial charge >= 0.3 is 0 Å². The van der Waals surface area contributed by atoms with Crippen LogP contribution < -0.4 is 5.43 Å². The van der Waals surface area contributed by atoms with Gasteiger partial charge in [0.1, 0.15) is 0 Å². The highest BCUT2D eigenvalue weighted by Crippen LogP contribution is 2.04. The van der Waals surface area contributed by atoms with E-state index in [1.54, 1.807) is 30.5 Å². The molecule has 17 heavy (non-hydrogen) atoms. The summed E-state index contributed by atoms with van der Waals surface area (Å²) in [5.41, 5.74) is 3.82. The van der Waals surface area contributed by atoms with Gasteiger partial charge in [0, 0.05) is 5.56 Å². The fraction of sp³-hybridized carbons (Fsp3) is 0.0909. The molecule has 0 unspecified atom stereocenters. The molecule has 0 saturated carbocycles. The Labute approximate surface area is 102 Å². The van der Waals surface area contributed by atoms with Gasteiger partial charge in [0.15, 0.2) is 0 Å². The van der Waals surface area contributed by atoms with Gasteiger partial charge in [-0.2, -0.15) is 5.10 Å². The molecule has 0 saturated heterocycles. The van der Waals surface area contributed by atoms with E-state index in [9.17, 15) is 4.79 Å². The number of hydrogen-bond acceptors (Lipinski definition) is 5. The van der Waals surface area contributed by atoms with Gasteiger partial charge < -0.3 is 0 Å². The third-order valence-electron chi connectivity index (χ3n) is 2.07. The zero-order valence-electron chi connectivity index (χ0n) is 9.12. The fourth-order valence-corrected chi connectivity index (χ4v) is 1.69. The largest absolute Gasteiger partial charge is 0.271 e. The maximum atomic E-state index is 11.6. The van der Waals surface area contributed by atoms with Gasteiger partial charge in [-0.15, -0.1) is 5.10 Å². The zero-order chi connectivity index (χ0) is 12.1. The first kappa shape index (κ1) is 11.4. The lowest BCUT2D eigenvalue weighted by Crippen LogP contribution is -2.17. The number of amides is 1. The van der Waals surface area contributed by atoms with Crippen LogP contribution in [0.25, 0.3) is 0 Å². The van der Waals surface area contributed by atoms with E-state index >= 15 is 0 Å². The van der Waals surface area contributed by atoms with Crippen molar-refractivity contribution in [2.24, 2.45) is 5.10 Å². The standard InChI is InChI=1S/C11H10N4OS/c1-8-10(17-15-13-8)7-12-14-11(16)9-5-3-2-4-6-9/h2-7H,1H3,(H,14,16). The quantitative estimate of drug-likeness (QED) is 0.661. The summed E-state index contributed by atoms with van der Waals surface area (Å²) in [6.45, 7) is 1.84. The SMILES string of the molecule is Cc1nnsc1C=NNC(=O)c1ccccc1. The Morgan fingerprint density at radius 2 is 2.18 bits per heavy atom. The minimum atomic E-state index is -0.239.